The molecule has 112 valence electrons. The van der Waals surface area contributed by atoms with Gasteiger partial charge in [0.1, 0.15) is 0 Å². The van der Waals surface area contributed by atoms with Gasteiger partial charge in [0, 0.05) is 12.6 Å². The molecule has 0 aromatic heterocycles. The van der Waals surface area contributed by atoms with Crippen molar-refractivity contribution in [1.29, 1.82) is 0 Å². The van der Waals surface area contributed by atoms with Crippen molar-refractivity contribution in [2.24, 2.45) is 4.99 Å². The molecule has 20 heavy (non-hydrogen) atoms. The Morgan fingerprint density at radius 1 is 1.40 bits per heavy atom. The molecule has 0 aliphatic carbocycles. The van der Waals surface area contributed by atoms with Crippen molar-refractivity contribution in [1.82, 2.24) is 10.6 Å². The molecule has 4 nitrogen and oxygen atoms in total. The molecule has 5 heteroatoms. The smallest absolute Gasteiger partial charge is 0.191 e. The van der Waals surface area contributed by atoms with Crippen LogP contribution >= 0.6 is 0 Å². The first-order valence-corrected chi connectivity index (χ1v) is 6.97. The quantitative estimate of drug-likeness (QED) is 0.622. The zero-order chi connectivity index (χ0) is 15.0. The lowest BCUT2D eigenvalue weighted by atomic mass is 10.2. The average molecular weight is 281 g/mol. The fourth-order valence-electron chi connectivity index (χ4n) is 1.63. The van der Waals surface area contributed by atoms with E-state index in [1.54, 1.807) is 6.07 Å². The van der Waals surface area contributed by atoms with Gasteiger partial charge in [-0.25, -0.2) is 9.38 Å². The van der Waals surface area contributed by atoms with E-state index < -0.39 is 0 Å². The topological polar surface area (TPSA) is 45.7 Å². The summed E-state index contributed by atoms with van der Waals surface area (Å²) in [6.45, 7) is 7.44. The van der Waals surface area contributed by atoms with Crippen LogP contribution in [0.5, 0.6) is 5.75 Å². The summed E-state index contributed by atoms with van der Waals surface area (Å²) in [6, 6.07) is 5.24. The molecule has 0 spiro atoms. The molecule has 0 saturated carbocycles. The third-order valence-electron chi connectivity index (χ3n) is 2.98. The van der Waals surface area contributed by atoms with Crippen LogP contribution in [0.2, 0.25) is 0 Å². The maximum atomic E-state index is 13.6. The first-order valence-electron chi connectivity index (χ1n) is 6.97. The molecule has 0 aliphatic heterocycles. The van der Waals surface area contributed by atoms with Gasteiger partial charge in [-0.05, 0) is 38.0 Å². The minimum absolute atomic E-state index is 0.252. The predicted molar refractivity (Wildman–Crippen MR) is 80.7 cm³/mol. The summed E-state index contributed by atoms with van der Waals surface area (Å²) in [5.74, 6) is 0.639. The minimum atomic E-state index is -0.361. The molecule has 0 heterocycles. The molecule has 1 rings (SSSR count). The van der Waals surface area contributed by atoms with Crippen LogP contribution in [0.15, 0.2) is 23.2 Å². The van der Waals surface area contributed by atoms with Crippen molar-refractivity contribution < 1.29 is 9.13 Å². The third-order valence-corrected chi connectivity index (χ3v) is 2.98. The van der Waals surface area contributed by atoms with E-state index >= 15 is 0 Å². The Bertz CT molecular complexity index is 449. The van der Waals surface area contributed by atoms with Crippen molar-refractivity contribution in [3.05, 3.63) is 29.6 Å². The Morgan fingerprint density at radius 2 is 2.15 bits per heavy atom. The molecule has 0 fully saturated rings. The Labute approximate surface area is 120 Å². The number of hydrogen-bond acceptors (Lipinski definition) is 2. The highest BCUT2D eigenvalue weighted by Gasteiger charge is 2.05. The molecule has 1 atom stereocenters. The van der Waals surface area contributed by atoms with Crippen LogP contribution in [-0.4, -0.2) is 25.7 Å². The Balaban J connectivity index is 2.73. The number of nitrogens with one attached hydrogen (secondary N) is 2. The van der Waals surface area contributed by atoms with E-state index in [1.165, 1.54) is 13.2 Å². The molecule has 0 radical (unpaired) electrons. The van der Waals surface area contributed by atoms with E-state index in [-0.39, 0.29) is 11.6 Å². The van der Waals surface area contributed by atoms with Crippen molar-refractivity contribution >= 4 is 5.96 Å². The summed E-state index contributed by atoms with van der Waals surface area (Å²) in [5.41, 5.74) is 0.810. The zero-order valence-corrected chi connectivity index (χ0v) is 12.7. The summed E-state index contributed by atoms with van der Waals surface area (Å²) >= 11 is 0. The van der Waals surface area contributed by atoms with Crippen LogP contribution in [0.25, 0.3) is 0 Å². The molecule has 2 N–H and O–H groups in total. The van der Waals surface area contributed by atoms with Crippen LogP contribution in [0.3, 0.4) is 0 Å². The Kier molecular flexibility index (Phi) is 6.84. The highest BCUT2D eigenvalue weighted by atomic mass is 19.1. The van der Waals surface area contributed by atoms with Crippen molar-refractivity contribution in [2.45, 2.75) is 39.8 Å². The summed E-state index contributed by atoms with van der Waals surface area (Å²) in [7, 11) is 1.45. The van der Waals surface area contributed by atoms with Crippen LogP contribution < -0.4 is 15.4 Å². The van der Waals surface area contributed by atoms with E-state index in [4.69, 9.17) is 4.74 Å². The summed E-state index contributed by atoms with van der Waals surface area (Å²) < 4.78 is 18.5. The standard InChI is InChI=1S/C15H24FN3O/c1-5-11(3)19-15(17-6-2)18-10-12-7-8-14(20-4)13(16)9-12/h7-9,11H,5-6,10H2,1-4H3,(H2,17,18,19). The fraction of sp³-hybridized carbons (Fsp3) is 0.533. The number of hydrogen-bond donors (Lipinski definition) is 2. The molecular weight excluding hydrogens is 257 g/mol. The SMILES string of the molecule is CCNC(=NCc1ccc(OC)c(F)c1)NC(C)CC. The number of guanidine groups is 1. The van der Waals surface area contributed by atoms with E-state index in [9.17, 15) is 4.39 Å². The lowest BCUT2D eigenvalue weighted by molar-refractivity contribution is 0.386. The van der Waals surface area contributed by atoms with Gasteiger partial charge in [0.2, 0.25) is 0 Å². The van der Waals surface area contributed by atoms with Gasteiger partial charge in [-0.15, -0.1) is 0 Å². The number of rotatable bonds is 6. The van der Waals surface area contributed by atoms with Crippen molar-refractivity contribution in [3.63, 3.8) is 0 Å². The van der Waals surface area contributed by atoms with Crippen LogP contribution in [0, 0.1) is 5.82 Å². The number of aliphatic imine (C=N–C) groups is 1. The zero-order valence-electron chi connectivity index (χ0n) is 12.7. The number of methoxy groups -OCH3 is 1. The normalized spacial score (nSPS) is 12.9. The minimum Gasteiger partial charge on any atom is -0.494 e. The second kappa shape index (κ2) is 8.40. The van der Waals surface area contributed by atoms with Crippen LogP contribution in [-0.2, 0) is 6.54 Å². The van der Waals surface area contributed by atoms with Gasteiger partial charge in [0.25, 0.3) is 0 Å². The Hall–Kier alpha value is -1.78. The molecule has 1 aromatic rings. The van der Waals surface area contributed by atoms with Crippen molar-refractivity contribution in [3.8, 4) is 5.75 Å². The lowest BCUT2D eigenvalue weighted by Gasteiger charge is -2.16. The van der Waals surface area contributed by atoms with Gasteiger partial charge < -0.3 is 15.4 Å². The van der Waals surface area contributed by atoms with E-state index in [0.717, 1.165) is 24.5 Å². The first kappa shape index (κ1) is 16.3. The first-order chi connectivity index (χ1) is 9.60. The van der Waals surface area contributed by atoms with E-state index in [2.05, 4.69) is 29.5 Å². The monoisotopic (exact) mass is 281 g/mol. The summed E-state index contributed by atoms with van der Waals surface area (Å²) in [5, 5.41) is 6.47. The lowest BCUT2D eigenvalue weighted by Crippen LogP contribution is -2.41. The van der Waals surface area contributed by atoms with E-state index in [0.29, 0.717) is 12.6 Å². The van der Waals surface area contributed by atoms with Crippen LogP contribution in [0.4, 0.5) is 4.39 Å². The van der Waals surface area contributed by atoms with Gasteiger partial charge in [0.15, 0.2) is 17.5 Å². The molecule has 0 aliphatic rings. The number of ether oxygens (including phenoxy) is 1. The molecule has 1 unspecified atom stereocenters. The highest BCUT2D eigenvalue weighted by Crippen LogP contribution is 2.17. The van der Waals surface area contributed by atoms with Crippen molar-refractivity contribution in [2.75, 3.05) is 13.7 Å². The highest BCUT2D eigenvalue weighted by molar-refractivity contribution is 5.80. The van der Waals surface area contributed by atoms with Crippen LogP contribution in [0.1, 0.15) is 32.8 Å². The summed E-state index contributed by atoms with van der Waals surface area (Å²) in [6.07, 6.45) is 1.02. The predicted octanol–water partition coefficient (Wildman–Crippen LogP) is 2.69. The van der Waals surface area contributed by atoms with Gasteiger partial charge in [-0.2, -0.15) is 0 Å². The van der Waals surface area contributed by atoms with Gasteiger partial charge in [-0.3, -0.25) is 0 Å². The average Bonchev–Trinajstić information content (AvgIpc) is 2.45. The largest absolute Gasteiger partial charge is 0.494 e. The molecular formula is C15H24FN3O. The number of nitrogens with zero attached hydrogens (tertiary/aromatic N) is 1. The number of benzene rings is 1. The number of halogens is 1. The van der Waals surface area contributed by atoms with Gasteiger partial charge in [-0.1, -0.05) is 13.0 Å². The third kappa shape index (κ3) is 5.07. The van der Waals surface area contributed by atoms with Gasteiger partial charge in [0.05, 0.1) is 13.7 Å². The summed E-state index contributed by atoms with van der Waals surface area (Å²) in [4.78, 5) is 4.46. The second-order valence-corrected chi connectivity index (χ2v) is 4.62. The second-order valence-electron chi connectivity index (χ2n) is 4.62. The van der Waals surface area contributed by atoms with E-state index in [1.807, 2.05) is 13.0 Å². The molecule has 0 saturated heterocycles. The van der Waals surface area contributed by atoms with Gasteiger partial charge >= 0.3 is 0 Å². The maximum Gasteiger partial charge on any atom is 0.191 e. The maximum absolute atomic E-state index is 13.6. The Morgan fingerprint density at radius 3 is 2.70 bits per heavy atom. The molecule has 0 amide bonds. The fourth-order valence-corrected chi connectivity index (χ4v) is 1.63. The molecule has 0 bridgehead atoms. The molecule has 1 aromatic carbocycles.